The van der Waals surface area contributed by atoms with Crippen LogP contribution in [0.4, 0.5) is 31.2 Å². The first-order chi connectivity index (χ1) is 15.0. The lowest BCUT2D eigenvalue weighted by molar-refractivity contribution is 0.261. The molecule has 2 saturated carbocycles. The number of aryl methyl sites for hydroxylation is 1. The molecule has 5 rings (SSSR count). The zero-order valence-corrected chi connectivity index (χ0v) is 18.3. The van der Waals surface area contributed by atoms with Crippen molar-refractivity contribution in [3.05, 3.63) is 33.8 Å². The first kappa shape index (κ1) is 19.8. The second kappa shape index (κ2) is 8.19. The van der Waals surface area contributed by atoms with Gasteiger partial charge in [-0.15, -0.1) is 20.4 Å². The van der Waals surface area contributed by atoms with Crippen molar-refractivity contribution in [3.63, 3.8) is 0 Å². The molecule has 10 nitrogen and oxygen atoms in total. The van der Waals surface area contributed by atoms with Crippen LogP contribution in [0.25, 0.3) is 0 Å². The number of hydrogen-bond acceptors (Lipinski definition) is 8. The van der Waals surface area contributed by atoms with Gasteiger partial charge in [-0.1, -0.05) is 28.7 Å². The molecule has 160 valence electrons. The normalized spacial score (nSPS) is 15.4. The largest absolute Gasteiger partial charge is 0.325 e. The van der Waals surface area contributed by atoms with E-state index in [2.05, 4.69) is 41.7 Å². The molecule has 0 unspecified atom stereocenters. The van der Waals surface area contributed by atoms with Crippen LogP contribution < -0.4 is 21.3 Å². The lowest BCUT2D eigenvalue weighted by Gasteiger charge is -2.11. The van der Waals surface area contributed by atoms with Crippen molar-refractivity contribution in [2.45, 2.75) is 44.4 Å². The molecule has 2 aliphatic carbocycles. The Hall–Kier alpha value is -3.12. The summed E-state index contributed by atoms with van der Waals surface area (Å²) < 4.78 is 0. The SMILES string of the molecule is Cc1ccc(NC(=O)Nc2nnc(C3CC3)s2)cc1NC(=O)Nc1nnc(C2CC2)s1. The molecule has 0 spiro atoms. The van der Waals surface area contributed by atoms with Gasteiger partial charge in [0.25, 0.3) is 0 Å². The van der Waals surface area contributed by atoms with E-state index in [1.54, 1.807) is 12.1 Å². The predicted octanol–water partition coefficient (Wildman–Crippen LogP) is 4.74. The van der Waals surface area contributed by atoms with Gasteiger partial charge >= 0.3 is 12.1 Å². The van der Waals surface area contributed by atoms with Gasteiger partial charge in [-0.3, -0.25) is 10.6 Å². The smallest absolute Gasteiger partial charge is 0.308 e. The maximum Gasteiger partial charge on any atom is 0.325 e. The van der Waals surface area contributed by atoms with Crippen molar-refractivity contribution in [3.8, 4) is 0 Å². The van der Waals surface area contributed by atoms with Gasteiger partial charge in [0, 0.05) is 23.2 Å². The average molecular weight is 457 g/mol. The molecule has 0 bridgehead atoms. The fourth-order valence-electron chi connectivity index (χ4n) is 2.91. The number of hydrogen-bond donors (Lipinski definition) is 4. The van der Waals surface area contributed by atoms with Crippen molar-refractivity contribution in [1.29, 1.82) is 0 Å². The van der Waals surface area contributed by atoms with Crippen LogP contribution in [0.2, 0.25) is 0 Å². The lowest BCUT2D eigenvalue weighted by atomic mass is 10.2. The minimum absolute atomic E-state index is 0.412. The van der Waals surface area contributed by atoms with Crippen LogP contribution in [0.3, 0.4) is 0 Å². The summed E-state index contributed by atoms with van der Waals surface area (Å²) >= 11 is 2.79. The molecule has 0 saturated heterocycles. The number of nitrogens with one attached hydrogen (secondary N) is 4. The summed E-state index contributed by atoms with van der Waals surface area (Å²) in [5.41, 5.74) is 1.97. The summed E-state index contributed by atoms with van der Waals surface area (Å²) in [6, 6.07) is 4.45. The number of nitrogens with zero attached hydrogens (tertiary/aromatic N) is 4. The molecule has 0 radical (unpaired) electrons. The number of urea groups is 2. The van der Waals surface area contributed by atoms with E-state index in [9.17, 15) is 9.59 Å². The van der Waals surface area contributed by atoms with Crippen LogP contribution in [0.1, 0.15) is 53.1 Å². The third kappa shape index (κ3) is 4.97. The summed E-state index contributed by atoms with van der Waals surface area (Å²) in [5, 5.41) is 30.1. The van der Waals surface area contributed by atoms with Crippen molar-refractivity contribution in [2.24, 2.45) is 0 Å². The third-order valence-corrected chi connectivity index (χ3v) is 6.92. The van der Waals surface area contributed by atoms with Gasteiger partial charge in [-0.2, -0.15) is 0 Å². The third-order valence-electron chi connectivity index (χ3n) is 4.92. The highest BCUT2D eigenvalue weighted by Gasteiger charge is 2.28. The van der Waals surface area contributed by atoms with Crippen LogP contribution in [-0.2, 0) is 0 Å². The Kier molecular flexibility index (Phi) is 5.24. The number of rotatable bonds is 6. The van der Waals surface area contributed by atoms with Crippen LogP contribution in [0.5, 0.6) is 0 Å². The molecular weight excluding hydrogens is 436 g/mol. The predicted molar refractivity (Wildman–Crippen MR) is 120 cm³/mol. The number of carbonyl (C=O) groups excluding carboxylic acids is 2. The van der Waals surface area contributed by atoms with E-state index < -0.39 is 12.1 Å². The van der Waals surface area contributed by atoms with Gasteiger partial charge in [0.2, 0.25) is 10.3 Å². The maximum atomic E-state index is 12.4. The van der Waals surface area contributed by atoms with E-state index in [4.69, 9.17) is 0 Å². The Bertz CT molecular complexity index is 1140. The van der Waals surface area contributed by atoms with Gasteiger partial charge in [0.05, 0.1) is 0 Å². The van der Waals surface area contributed by atoms with Crippen LogP contribution >= 0.6 is 22.7 Å². The van der Waals surface area contributed by atoms with E-state index in [-0.39, 0.29) is 0 Å². The minimum Gasteiger partial charge on any atom is -0.308 e. The van der Waals surface area contributed by atoms with E-state index >= 15 is 0 Å². The highest BCUT2D eigenvalue weighted by molar-refractivity contribution is 7.15. The molecule has 2 aliphatic rings. The van der Waals surface area contributed by atoms with Crippen molar-refractivity contribution < 1.29 is 9.59 Å². The van der Waals surface area contributed by atoms with Crippen LogP contribution in [0, 0.1) is 6.92 Å². The van der Waals surface area contributed by atoms with E-state index in [0.29, 0.717) is 33.5 Å². The van der Waals surface area contributed by atoms with Crippen molar-refractivity contribution >= 4 is 56.4 Å². The van der Waals surface area contributed by atoms with E-state index in [1.807, 2.05) is 13.0 Å². The molecule has 0 atom stereocenters. The fourth-order valence-corrected chi connectivity index (χ4v) is 4.72. The van der Waals surface area contributed by atoms with Gasteiger partial charge < -0.3 is 10.6 Å². The fraction of sp³-hybridized carbons (Fsp3) is 0.368. The summed E-state index contributed by atoms with van der Waals surface area (Å²) in [4.78, 5) is 24.7. The van der Waals surface area contributed by atoms with Crippen LogP contribution in [-0.4, -0.2) is 32.5 Å². The molecule has 2 aromatic heterocycles. The minimum atomic E-state index is -0.417. The Morgan fingerprint density at radius 3 is 1.90 bits per heavy atom. The first-order valence-electron chi connectivity index (χ1n) is 9.97. The highest BCUT2D eigenvalue weighted by Crippen LogP contribution is 2.42. The van der Waals surface area contributed by atoms with E-state index in [1.165, 1.54) is 22.7 Å². The molecule has 2 heterocycles. The summed E-state index contributed by atoms with van der Waals surface area (Å²) in [6.45, 7) is 1.87. The second-order valence-corrected chi connectivity index (χ2v) is 9.65. The van der Waals surface area contributed by atoms with Gasteiger partial charge in [0.1, 0.15) is 10.0 Å². The van der Waals surface area contributed by atoms with Gasteiger partial charge in [0.15, 0.2) is 0 Å². The summed E-state index contributed by atoms with van der Waals surface area (Å²) in [7, 11) is 0. The Balaban J connectivity index is 1.18. The number of anilines is 4. The Morgan fingerprint density at radius 1 is 0.806 bits per heavy atom. The standard InChI is InChI=1S/C19H20N8O2S2/c1-9-2-7-12(20-16(28)22-18-26-24-14(30-18)10-3-4-10)8-13(9)21-17(29)23-19-27-25-15(31-19)11-5-6-11/h2,7-8,10-11H,3-6H2,1H3,(H2,20,22,26,28)(H2,21,23,27,29). The lowest BCUT2D eigenvalue weighted by Crippen LogP contribution is -2.21. The molecule has 4 amide bonds. The summed E-state index contributed by atoms with van der Waals surface area (Å²) in [5.74, 6) is 0.987. The number of carbonyl (C=O) groups is 2. The molecule has 0 aliphatic heterocycles. The molecule has 12 heteroatoms. The maximum absolute atomic E-state index is 12.4. The number of amides is 4. The second-order valence-electron chi connectivity index (χ2n) is 7.63. The zero-order chi connectivity index (χ0) is 21.4. The van der Waals surface area contributed by atoms with Crippen molar-refractivity contribution in [1.82, 2.24) is 20.4 Å². The molecular formula is C19H20N8O2S2. The topological polar surface area (TPSA) is 134 Å². The van der Waals surface area contributed by atoms with Crippen molar-refractivity contribution in [2.75, 3.05) is 21.3 Å². The van der Waals surface area contributed by atoms with Gasteiger partial charge in [-0.25, -0.2) is 9.59 Å². The van der Waals surface area contributed by atoms with Crippen LogP contribution in [0.15, 0.2) is 18.2 Å². The molecule has 4 N–H and O–H groups in total. The first-order valence-corrected chi connectivity index (χ1v) is 11.6. The van der Waals surface area contributed by atoms with E-state index in [0.717, 1.165) is 41.3 Å². The monoisotopic (exact) mass is 456 g/mol. The highest BCUT2D eigenvalue weighted by atomic mass is 32.1. The molecule has 1 aromatic carbocycles. The molecule has 31 heavy (non-hydrogen) atoms. The Labute approximate surface area is 185 Å². The quantitative estimate of drug-likeness (QED) is 0.423. The average Bonchev–Trinajstić information content (AvgIpc) is 3.67. The number of aromatic nitrogens is 4. The zero-order valence-electron chi connectivity index (χ0n) is 16.6. The Morgan fingerprint density at radius 2 is 1.35 bits per heavy atom. The number of benzene rings is 1. The van der Waals surface area contributed by atoms with Gasteiger partial charge in [-0.05, 0) is 50.3 Å². The summed E-state index contributed by atoms with van der Waals surface area (Å²) in [6.07, 6.45) is 4.53. The molecule has 2 fully saturated rings. The molecule has 3 aromatic rings.